The predicted molar refractivity (Wildman–Crippen MR) is 202 cm³/mol. The number of rotatable bonds is 4. The maximum Gasteiger partial charge on any atom is 0.143 e. The minimum Gasteiger partial charge on any atom is -0.455 e. The number of nitrogens with zero attached hydrogens (tertiary/aromatic N) is 1. The van der Waals surface area contributed by atoms with Crippen molar-refractivity contribution < 1.29 is 4.42 Å². The maximum atomic E-state index is 6.91. The molecule has 47 heavy (non-hydrogen) atoms. The third-order valence-electron chi connectivity index (χ3n) is 9.43. The van der Waals surface area contributed by atoms with E-state index in [1.165, 1.54) is 36.3 Å². The maximum absolute atomic E-state index is 6.91. The second-order valence-corrected chi connectivity index (χ2v) is 13.1. The summed E-state index contributed by atoms with van der Waals surface area (Å²) in [5.41, 5.74) is 7.43. The first kappa shape index (κ1) is 26.3. The molecule has 0 spiro atoms. The second kappa shape index (κ2) is 10.3. The molecule has 10 aromatic rings. The third-order valence-corrected chi connectivity index (χ3v) is 10.6. The summed E-state index contributed by atoms with van der Waals surface area (Å²) in [6, 6.07) is 58.9. The van der Waals surface area contributed by atoms with Gasteiger partial charge in [-0.05, 0) is 64.2 Å². The molecule has 0 N–H and O–H groups in total. The van der Waals surface area contributed by atoms with Crippen LogP contribution in [0.15, 0.2) is 168 Å². The van der Waals surface area contributed by atoms with Crippen LogP contribution < -0.4 is 4.90 Å². The van der Waals surface area contributed by atoms with Gasteiger partial charge >= 0.3 is 0 Å². The lowest BCUT2D eigenvalue weighted by atomic mass is 9.93. The van der Waals surface area contributed by atoms with Crippen LogP contribution in [0.3, 0.4) is 0 Å². The Morgan fingerprint density at radius 2 is 1.04 bits per heavy atom. The van der Waals surface area contributed by atoms with Gasteiger partial charge in [-0.25, -0.2) is 0 Å². The Hall–Kier alpha value is -5.90. The summed E-state index contributed by atoms with van der Waals surface area (Å²) in [5.74, 6) is 0. The monoisotopic (exact) mass is 617 g/mol. The van der Waals surface area contributed by atoms with E-state index < -0.39 is 0 Å². The van der Waals surface area contributed by atoms with Gasteiger partial charge in [0, 0.05) is 47.9 Å². The highest BCUT2D eigenvalue weighted by Crippen LogP contribution is 2.51. The molecule has 0 aliphatic carbocycles. The van der Waals surface area contributed by atoms with Gasteiger partial charge in [-0.3, -0.25) is 0 Å². The van der Waals surface area contributed by atoms with Crippen molar-refractivity contribution in [2.45, 2.75) is 0 Å². The Balaban J connectivity index is 1.39. The van der Waals surface area contributed by atoms with E-state index in [4.69, 9.17) is 4.42 Å². The topological polar surface area (TPSA) is 16.4 Å². The molecule has 0 aliphatic rings. The number of thiophene rings is 1. The first-order valence-corrected chi connectivity index (χ1v) is 16.8. The third kappa shape index (κ3) is 3.97. The molecule has 0 atom stereocenters. The highest BCUT2D eigenvalue weighted by atomic mass is 32.1. The Morgan fingerprint density at radius 3 is 1.83 bits per heavy atom. The molecule has 0 saturated carbocycles. The van der Waals surface area contributed by atoms with Crippen LogP contribution in [0.25, 0.3) is 74.8 Å². The Bertz CT molecular complexity index is 2790. The first-order valence-electron chi connectivity index (χ1n) is 15.9. The molecule has 2 nitrogen and oxygen atoms in total. The van der Waals surface area contributed by atoms with Crippen molar-refractivity contribution in [1.29, 1.82) is 0 Å². The SMILES string of the molecule is c1ccc(-c2ccc3oc4c5ccccc5c5ccccc5c4c3c2N(c2ccccc2)c2ccc3c(c2)sc2ccccc23)cc1. The van der Waals surface area contributed by atoms with E-state index in [2.05, 4.69) is 169 Å². The van der Waals surface area contributed by atoms with Crippen molar-refractivity contribution in [3.05, 3.63) is 164 Å². The number of furan rings is 1. The van der Waals surface area contributed by atoms with Crippen LogP contribution in [0.1, 0.15) is 0 Å². The van der Waals surface area contributed by atoms with Gasteiger partial charge in [0.1, 0.15) is 11.2 Å². The number of para-hydroxylation sites is 1. The lowest BCUT2D eigenvalue weighted by Crippen LogP contribution is -2.11. The molecule has 0 fully saturated rings. The summed E-state index contributed by atoms with van der Waals surface area (Å²) in [4.78, 5) is 2.44. The van der Waals surface area contributed by atoms with E-state index in [0.717, 1.165) is 55.5 Å². The van der Waals surface area contributed by atoms with E-state index in [1.807, 2.05) is 11.3 Å². The van der Waals surface area contributed by atoms with E-state index in [0.29, 0.717) is 0 Å². The van der Waals surface area contributed by atoms with Crippen LogP contribution >= 0.6 is 11.3 Å². The van der Waals surface area contributed by atoms with Crippen LogP contribution in [0, 0.1) is 0 Å². The van der Waals surface area contributed by atoms with Gasteiger partial charge in [0.25, 0.3) is 0 Å². The molecule has 3 heteroatoms. The fourth-order valence-electron chi connectivity index (χ4n) is 7.39. The van der Waals surface area contributed by atoms with Crippen molar-refractivity contribution in [2.75, 3.05) is 4.90 Å². The lowest BCUT2D eigenvalue weighted by molar-refractivity contribution is 0.673. The number of anilines is 3. The highest BCUT2D eigenvalue weighted by molar-refractivity contribution is 7.25. The molecule has 0 amide bonds. The molecule has 0 bridgehead atoms. The van der Waals surface area contributed by atoms with Crippen LogP contribution in [0.2, 0.25) is 0 Å². The van der Waals surface area contributed by atoms with Gasteiger partial charge in [-0.1, -0.05) is 121 Å². The fraction of sp³-hybridized carbons (Fsp3) is 0. The largest absolute Gasteiger partial charge is 0.455 e. The van der Waals surface area contributed by atoms with Crippen LogP contribution in [0.5, 0.6) is 0 Å². The van der Waals surface area contributed by atoms with E-state index in [9.17, 15) is 0 Å². The van der Waals surface area contributed by atoms with Gasteiger partial charge in [0.2, 0.25) is 0 Å². The molecule has 0 unspecified atom stereocenters. The van der Waals surface area contributed by atoms with Crippen molar-refractivity contribution in [3.8, 4) is 11.1 Å². The Morgan fingerprint density at radius 1 is 0.426 bits per heavy atom. The minimum absolute atomic E-state index is 0.875. The van der Waals surface area contributed by atoms with Crippen molar-refractivity contribution in [2.24, 2.45) is 0 Å². The summed E-state index contributed by atoms with van der Waals surface area (Å²) in [6.45, 7) is 0. The normalized spacial score (nSPS) is 11.8. The number of benzene rings is 8. The second-order valence-electron chi connectivity index (χ2n) is 12.0. The summed E-state index contributed by atoms with van der Waals surface area (Å²) < 4.78 is 9.49. The zero-order valence-corrected chi connectivity index (χ0v) is 26.2. The standard InChI is InChI=1S/C44H27NOS/c1-3-13-28(14-4-1)31-25-26-38-42(41-36-20-9-7-17-32(36)33-18-8-10-21-37(33)44(41)46-38)43(31)45(29-15-5-2-6-16-29)30-23-24-35-34-19-11-12-22-39(34)47-40(35)27-30/h1-27H. The summed E-state index contributed by atoms with van der Waals surface area (Å²) in [6.07, 6.45) is 0. The van der Waals surface area contributed by atoms with E-state index in [1.54, 1.807) is 0 Å². The zero-order valence-electron chi connectivity index (χ0n) is 25.4. The average Bonchev–Trinajstić information content (AvgIpc) is 3.72. The van der Waals surface area contributed by atoms with Crippen LogP contribution in [0.4, 0.5) is 17.1 Å². The number of fused-ring (bicyclic) bond motifs is 11. The molecule has 220 valence electrons. The molecular formula is C44H27NOS. The Kier molecular flexibility index (Phi) is 5.78. The van der Waals surface area contributed by atoms with Crippen LogP contribution in [-0.4, -0.2) is 0 Å². The number of hydrogen-bond donors (Lipinski definition) is 0. The van der Waals surface area contributed by atoms with Gasteiger partial charge in [0.05, 0.1) is 11.1 Å². The van der Waals surface area contributed by atoms with Crippen molar-refractivity contribution >= 4 is 92.1 Å². The summed E-state index contributed by atoms with van der Waals surface area (Å²) >= 11 is 1.85. The zero-order chi connectivity index (χ0) is 30.9. The first-order chi connectivity index (χ1) is 23.3. The molecule has 10 rings (SSSR count). The molecule has 0 radical (unpaired) electrons. The minimum atomic E-state index is 0.875. The summed E-state index contributed by atoms with van der Waals surface area (Å²) in [5, 5.41) is 9.60. The fourth-order valence-corrected chi connectivity index (χ4v) is 8.53. The van der Waals surface area contributed by atoms with Gasteiger partial charge < -0.3 is 9.32 Å². The lowest BCUT2D eigenvalue weighted by Gasteiger charge is -2.29. The Labute approximate surface area is 275 Å². The average molecular weight is 618 g/mol. The highest BCUT2D eigenvalue weighted by Gasteiger charge is 2.26. The van der Waals surface area contributed by atoms with Crippen molar-refractivity contribution in [3.63, 3.8) is 0 Å². The van der Waals surface area contributed by atoms with E-state index >= 15 is 0 Å². The molecule has 8 aromatic carbocycles. The predicted octanol–water partition coefficient (Wildman–Crippen LogP) is 13.4. The quantitative estimate of drug-likeness (QED) is 0.183. The smallest absolute Gasteiger partial charge is 0.143 e. The van der Waals surface area contributed by atoms with Crippen LogP contribution in [-0.2, 0) is 0 Å². The molecule has 2 heterocycles. The molecule has 0 saturated heterocycles. The van der Waals surface area contributed by atoms with Gasteiger partial charge in [-0.2, -0.15) is 0 Å². The molecule has 2 aromatic heterocycles. The van der Waals surface area contributed by atoms with Gasteiger partial charge in [0.15, 0.2) is 0 Å². The van der Waals surface area contributed by atoms with Gasteiger partial charge in [-0.15, -0.1) is 11.3 Å². The summed E-state index contributed by atoms with van der Waals surface area (Å²) in [7, 11) is 0. The molecular weight excluding hydrogens is 591 g/mol. The molecule has 0 aliphatic heterocycles. The number of hydrogen-bond acceptors (Lipinski definition) is 3. The van der Waals surface area contributed by atoms with E-state index in [-0.39, 0.29) is 0 Å². The van der Waals surface area contributed by atoms with Crippen molar-refractivity contribution in [1.82, 2.24) is 0 Å².